The Labute approximate surface area is 117 Å². The van der Waals surface area contributed by atoms with Crippen LogP contribution >= 0.6 is 15.9 Å². The number of ether oxygens (including phenoxy) is 1. The minimum absolute atomic E-state index is 0.327. The Morgan fingerprint density at radius 3 is 2.83 bits per heavy atom. The highest BCUT2D eigenvalue weighted by Crippen LogP contribution is 2.33. The van der Waals surface area contributed by atoms with Crippen LogP contribution in [0.2, 0.25) is 0 Å². The monoisotopic (exact) mass is 307 g/mol. The number of hydrogen-bond donors (Lipinski definition) is 0. The molecule has 0 bridgehead atoms. The summed E-state index contributed by atoms with van der Waals surface area (Å²) in [5.74, 6) is 1.53. The van der Waals surface area contributed by atoms with Gasteiger partial charge in [0.25, 0.3) is 0 Å². The highest BCUT2D eigenvalue weighted by molar-refractivity contribution is 9.10. The van der Waals surface area contributed by atoms with Crippen molar-refractivity contribution in [1.82, 2.24) is 0 Å². The molecule has 18 heavy (non-hydrogen) atoms. The first-order valence-electron chi connectivity index (χ1n) is 6.61. The van der Waals surface area contributed by atoms with E-state index in [1.165, 1.54) is 25.7 Å². The summed E-state index contributed by atoms with van der Waals surface area (Å²) in [5.41, 5.74) is 0.657. The van der Waals surface area contributed by atoms with E-state index in [4.69, 9.17) is 10.00 Å². The number of nitriles is 1. The molecular weight excluding hydrogens is 290 g/mol. The second kappa shape index (κ2) is 6.24. The Morgan fingerprint density at radius 1 is 1.39 bits per heavy atom. The molecule has 1 aliphatic carbocycles. The van der Waals surface area contributed by atoms with Gasteiger partial charge in [-0.25, -0.2) is 0 Å². The molecule has 0 N–H and O–H groups in total. The number of benzene rings is 1. The highest BCUT2D eigenvalue weighted by Gasteiger charge is 2.25. The fraction of sp³-hybridized carbons (Fsp3) is 0.533. The third-order valence-electron chi connectivity index (χ3n) is 3.70. The van der Waals surface area contributed by atoms with Crippen LogP contribution in [0.25, 0.3) is 0 Å². The highest BCUT2D eigenvalue weighted by atomic mass is 79.9. The molecule has 1 saturated carbocycles. The fourth-order valence-corrected chi connectivity index (χ4v) is 3.10. The van der Waals surface area contributed by atoms with Crippen LogP contribution in [0.4, 0.5) is 0 Å². The van der Waals surface area contributed by atoms with Crippen LogP contribution in [0, 0.1) is 17.2 Å². The largest absolute Gasteiger partial charge is 0.489 e. The van der Waals surface area contributed by atoms with Crippen LogP contribution in [0.3, 0.4) is 0 Å². The standard InChI is InChI=1S/C15H18BrNO/c1-2-12-5-3-4-6-14(12)18-15-8-7-11(10-17)9-13(15)16/h7-9,12,14H,2-6H2,1H3. The van der Waals surface area contributed by atoms with Crippen molar-refractivity contribution in [2.45, 2.75) is 45.1 Å². The Hall–Kier alpha value is -1.01. The molecule has 0 aromatic heterocycles. The summed E-state index contributed by atoms with van der Waals surface area (Å²) < 4.78 is 7.01. The maximum atomic E-state index is 8.84. The average molecular weight is 308 g/mol. The van der Waals surface area contributed by atoms with E-state index in [0.29, 0.717) is 17.6 Å². The van der Waals surface area contributed by atoms with Gasteiger partial charge in [-0.1, -0.05) is 13.3 Å². The Morgan fingerprint density at radius 2 is 2.17 bits per heavy atom. The molecule has 1 aromatic carbocycles. The number of hydrogen-bond acceptors (Lipinski definition) is 2. The van der Waals surface area contributed by atoms with Crippen molar-refractivity contribution >= 4 is 15.9 Å². The summed E-state index contributed by atoms with van der Waals surface area (Å²) in [6.45, 7) is 2.24. The smallest absolute Gasteiger partial charge is 0.133 e. The average Bonchev–Trinajstić information content (AvgIpc) is 2.41. The van der Waals surface area contributed by atoms with Gasteiger partial charge in [-0.3, -0.25) is 0 Å². The molecule has 3 heteroatoms. The van der Waals surface area contributed by atoms with Crippen LogP contribution in [0.5, 0.6) is 5.75 Å². The molecule has 0 amide bonds. The minimum atomic E-state index is 0.327. The van der Waals surface area contributed by atoms with Crippen molar-refractivity contribution in [3.8, 4) is 11.8 Å². The molecule has 2 atom stereocenters. The normalized spacial score (nSPS) is 23.4. The maximum Gasteiger partial charge on any atom is 0.133 e. The Kier molecular flexibility index (Phi) is 4.66. The van der Waals surface area contributed by atoms with Crippen LogP contribution in [0.1, 0.15) is 44.6 Å². The lowest BCUT2D eigenvalue weighted by molar-refractivity contribution is 0.0896. The first kappa shape index (κ1) is 13.4. The van der Waals surface area contributed by atoms with Gasteiger partial charge in [-0.15, -0.1) is 0 Å². The summed E-state index contributed by atoms with van der Waals surface area (Å²) >= 11 is 3.48. The van der Waals surface area contributed by atoms with Gasteiger partial charge in [0.1, 0.15) is 11.9 Å². The Bertz CT molecular complexity index is 452. The van der Waals surface area contributed by atoms with E-state index in [0.717, 1.165) is 16.6 Å². The van der Waals surface area contributed by atoms with E-state index >= 15 is 0 Å². The molecule has 2 nitrogen and oxygen atoms in total. The quantitative estimate of drug-likeness (QED) is 0.813. The molecule has 1 fully saturated rings. The summed E-state index contributed by atoms with van der Waals surface area (Å²) in [6.07, 6.45) is 6.51. The van der Waals surface area contributed by atoms with E-state index in [1.54, 1.807) is 0 Å². The molecule has 96 valence electrons. The van der Waals surface area contributed by atoms with Crippen LogP contribution in [-0.2, 0) is 0 Å². The molecule has 2 unspecified atom stereocenters. The first-order valence-corrected chi connectivity index (χ1v) is 7.40. The van der Waals surface area contributed by atoms with Crippen molar-refractivity contribution in [3.63, 3.8) is 0 Å². The molecule has 1 aliphatic rings. The van der Waals surface area contributed by atoms with E-state index in [-0.39, 0.29) is 0 Å². The van der Waals surface area contributed by atoms with E-state index in [1.807, 2.05) is 18.2 Å². The topological polar surface area (TPSA) is 33.0 Å². The second-order valence-electron chi connectivity index (χ2n) is 4.87. The number of halogens is 1. The zero-order chi connectivity index (χ0) is 13.0. The summed E-state index contributed by atoms with van der Waals surface area (Å²) in [4.78, 5) is 0. The van der Waals surface area contributed by atoms with Gasteiger partial charge >= 0.3 is 0 Å². The summed E-state index contributed by atoms with van der Waals surface area (Å²) in [6, 6.07) is 7.65. The van der Waals surface area contributed by atoms with Crippen molar-refractivity contribution in [2.24, 2.45) is 5.92 Å². The van der Waals surface area contributed by atoms with Crippen molar-refractivity contribution in [3.05, 3.63) is 28.2 Å². The second-order valence-corrected chi connectivity index (χ2v) is 5.72. The fourth-order valence-electron chi connectivity index (χ4n) is 2.62. The molecule has 0 saturated heterocycles. The summed E-state index contributed by atoms with van der Waals surface area (Å²) in [5, 5.41) is 8.84. The van der Waals surface area contributed by atoms with Gasteiger partial charge in [0.2, 0.25) is 0 Å². The van der Waals surface area contributed by atoms with Gasteiger partial charge in [-0.2, -0.15) is 5.26 Å². The zero-order valence-corrected chi connectivity index (χ0v) is 12.2. The zero-order valence-electron chi connectivity index (χ0n) is 10.7. The lowest BCUT2D eigenvalue weighted by Gasteiger charge is -2.31. The SMILES string of the molecule is CCC1CCCCC1Oc1ccc(C#N)cc1Br. The third kappa shape index (κ3) is 3.05. The molecule has 1 aromatic rings. The predicted octanol–water partition coefficient (Wildman–Crippen LogP) is 4.67. The molecule has 0 aliphatic heterocycles. The van der Waals surface area contributed by atoms with Crippen LogP contribution in [0.15, 0.2) is 22.7 Å². The van der Waals surface area contributed by atoms with Gasteiger partial charge < -0.3 is 4.74 Å². The van der Waals surface area contributed by atoms with Crippen molar-refractivity contribution in [1.29, 1.82) is 5.26 Å². The number of rotatable bonds is 3. The summed E-state index contributed by atoms with van der Waals surface area (Å²) in [7, 11) is 0. The van der Waals surface area contributed by atoms with Gasteiger partial charge in [0, 0.05) is 0 Å². The first-order chi connectivity index (χ1) is 8.74. The van der Waals surface area contributed by atoms with Crippen LogP contribution in [-0.4, -0.2) is 6.10 Å². The molecule has 2 rings (SSSR count). The lowest BCUT2D eigenvalue weighted by atomic mass is 9.85. The molecular formula is C15H18BrNO. The van der Waals surface area contributed by atoms with Gasteiger partial charge in [0.05, 0.1) is 16.1 Å². The number of nitrogens with zero attached hydrogens (tertiary/aromatic N) is 1. The maximum absolute atomic E-state index is 8.84. The lowest BCUT2D eigenvalue weighted by Crippen LogP contribution is -2.30. The van der Waals surface area contributed by atoms with E-state index in [9.17, 15) is 0 Å². The molecule has 0 heterocycles. The Balaban J connectivity index is 2.10. The van der Waals surface area contributed by atoms with Crippen molar-refractivity contribution in [2.75, 3.05) is 0 Å². The third-order valence-corrected chi connectivity index (χ3v) is 4.32. The van der Waals surface area contributed by atoms with Gasteiger partial charge in [-0.05, 0) is 65.7 Å². The van der Waals surface area contributed by atoms with Crippen LogP contribution < -0.4 is 4.74 Å². The van der Waals surface area contributed by atoms with E-state index < -0.39 is 0 Å². The minimum Gasteiger partial charge on any atom is -0.489 e. The predicted molar refractivity (Wildman–Crippen MR) is 75.5 cm³/mol. The van der Waals surface area contributed by atoms with Gasteiger partial charge in [0.15, 0.2) is 0 Å². The molecule has 0 radical (unpaired) electrons. The van der Waals surface area contributed by atoms with Crippen molar-refractivity contribution < 1.29 is 4.74 Å². The molecule has 0 spiro atoms. The van der Waals surface area contributed by atoms with E-state index in [2.05, 4.69) is 28.9 Å².